The van der Waals surface area contributed by atoms with Gasteiger partial charge in [0.2, 0.25) is 5.91 Å². The largest absolute Gasteiger partial charge is 0.375 e. The van der Waals surface area contributed by atoms with Gasteiger partial charge >= 0.3 is 0 Å². The van der Waals surface area contributed by atoms with Crippen LogP contribution in [0.15, 0.2) is 30.3 Å². The minimum atomic E-state index is -0.259. The highest BCUT2D eigenvalue weighted by molar-refractivity contribution is 7.17. The summed E-state index contributed by atoms with van der Waals surface area (Å²) >= 11 is 1.13. The monoisotopic (exact) mass is 304 g/mol. The fourth-order valence-corrected chi connectivity index (χ4v) is 2.63. The van der Waals surface area contributed by atoms with Gasteiger partial charge in [-0.3, -0.25) is 9.59 Å². The van der Waals surface area contributed by atoms with E-state index in [-0.39, 0.29) is 18.4 Å². The van der Waals surface area contributed by atoms with Crippen molar-refractivity contribution < 1.29 is 9.59 Å². The molecule has 0 atom stereocenters. The van der Waals surface area contributed by atoms with E-state index in [1.807, 2.05) is 18.2 Å². The Morgan fingerprint density at radius 3 is 2.57 bits per heavy atom. The van der Waals surface area contributed by atoms with Crippen LogP contribution < -0.4 is 11.1 Å². The van der Waals surface area contributed by atoms with Crippen molar-refractivity contribution >= 4 is 34.0 Å². The number of anilines is 2. The molecule has 0 saturated carbocycles. The van der Waals surface area contributed by atoms with Gasteiger partial charge in [-0.15, -0.1) is 0 Å². The van der Waals surface area contributed by atoms with Crippen molar-refractivity contribution in [2.45, 2.75) is 6.92 Å². The number of likely N-dealkylation sites (N-methyl/N-ethyl adjacent to an activating group) is 1. The van der Waals surface area contributed by atoms with Crippen molar-refractivity contribution in [2.24, 2.45) is 0 Å². The molecule has 0 spiro atoms. The van der Waals surface area contributed by atoms with Crippen LogP contribution in [0.2, 0.25) is 0 Å². The number of amides is 2. The van der Waals surface area contributed by atoms with Crippen molar-refractivity contribution in [3.63, 3.8) is 0 Å². The highest BCUT2D eigenvalue weighted by atomic mass is 32.1. The molecule has 0 saturated heterocycles. The number of nitrogens with one attached hydrogen (secondary N) is 1. The van der Waals surface area contributed by atoms with Gasteiger partial charge in [0.1, 0.15) is 4.88 Å². The highest BCUT2D eigenvalue weighted by Gasteiger charge is 2.20. The van der Waals surface area contributed by atoms with Crippen LogP contribution in [0.3, 0.4) is 0 Å². The molecule has 0 aliphatic heterocycles. The summed E-state index contributed by atoms with van der Waals surface area (Å²) < 4.78 is 0. The van der Waals surface area contributed by atoms with Crippen LogP contribution >= 0.6 is 11.3 Å². The molecule has 2 amide bonds. The van der Waals surface area contributed by atoms with Gasteiger partial charge in [-0.05, 0) is 19.1 Å². The molecule has 1 aromatic heterocycles. The third-order valence-corrected chi connectivity index (χ3v) is 3.77. The van der Waals surface area contributed by atoms with Crippen LogP contribution in [0.5, 0.6) is 0 Å². The average molecular weight is 304 g/mol. The zero-order valence-corrected chi connectivity index (χ0v) is 12.6. The first-order chi connectivity index (χ1) is 9.97. The van der Waals surface area contributed by atoms with E-state index in [4.69, 9.17) is 5.73 Å². The van der Waals surface area contributed by atoms with Gasteiger partial charge in [-0.1, -0.05) is 29.5 Å². The Morgan fingerprint density at radius 1 is 1.33 bits per heavy atom. The lowest BCUT2D eigenvalue weighted by molar-refractivity contribution is -0.116. The Labute approximate surface area is 126 Å². The molecule has 6 nitrogen and oxygen atoms in total. The smallest absolute Gasteiger partial charge is 0.266 e. The molecule has 1 aromatic carbocycles. The quantitative estimate of drug-likeness (QED) is 0.900. The van der Waals surface area contributed by atoms with E-state index in [9.17, 15) is 9.59 Å². The molecule has 110 valence electrons. The number of nitrogens with two attached hydrogens (primary N) is 1. The number of carbonyl (C=O) groups is 2. The third kappa shape index (κ3) is 3.79. The number of hydrogen-bond donors (Lipinski definition) is 2. The van der Waals surface area contributed by atoms with Crippen molar-refractivity contribution in [3.8, 4) is 0 Å². The van der Waals surface area contributed by atoms with Gasteiger partial charge in [-0.25, -0.2) is 4.98 Å². The van der Waals surface area contributed by atoms with Crippen molar-refractivity contribution in [3.05, 3.63) is 40.9 Å². The molecule has 3 N–H and O–H groups in total. The van der Waals surface area contributed by atoms with Gasteiger partial charge < -0.3 is 16.0 Å². The number of benzene rings is 1. The van der Waals surface area contributed by atoms with Gasteiger partial charge in [0.05, 0.1) is 12.2 Å². The third-order valence-electron chi connectivity index (χ3n) is 2.79. The Bertz CT molecular complexity index is 654. The van der Waals surface area contributed by atoms with Crippen molar-refractivity contribution in [1.82, 2.24) is 9.88 Å². The molecule has 0 bridgehead atoms. The highest BCUT2D eigenvalue weighted by Crippen LogP contribution is 2.21. The molecule has 0 aliphatic carbocycles. The molecule has 0 unspecified atom stereocenters. The average Bonchev–Trinajstić information content (AvgIpc) is 2.77. The number of nitrogen functional groups attached to an aromatic ring is 1. The van der Waals surface area contributed by atoms with Gasteiger partial charge in [0.15, 0.2) is 5.13 Å². The number of carbonyl (C=O) groups excluding carboxylic acids is 2. The summed E-state index contributed by atoms with van der Waals surface area (Å²) in [4.78, 5) is 30.0. The standard InChI is InChI=1S/C14H16N4O2S/c1-9-12(21-14(15)16-9)13(20)18(2)8-11(19)17-10-6-4-3-5-7-10/h3-7H,8H2,1-2H3,(H2,15,16)(H,17,19). The Balaban J connectivity index is 1.97. The van der Waals surface area contributed by atoms with E-state index < -0.39 is 0 Å². The number of aromatic nitrogens is 1. The topological polar surface area (TPSA) is 88.3 Å². The lowest BCUT2D eigenvalue weighted by Gasteiger charge is -2.16. The maximum Gasteiger partial charge on any atom is 0.266 e. The fraction of sp³-hybridized carbons (Fsp3) is 0.214. The second-order valence-corrected chi connectivity index (χ2v) is 5.57. The molecule has 0 radical (unpaired) electrons. The summed E-state index contributed by atoms with van der Waals surface area (Å²) in [7, 11) is 1.57. The maximum atomic E-state index is 12.2. The summed E-state index contributed by atoms with van der Waals surface area (Å²) in [5.41, 5.74) is 6.86. The zero-order valence-electron chi connectivity index (χ0n) is 11.8. The Hall–Kier alpha value is -2.41. The second-order valence-electron chi connectivity index (χ2n) is 4.54. The summed E-state index contributed by atoms with van der Waals surface area (Å²) in [6.07, 6.45) is 0. The van der Waals surface area contributed by atoms with E-state index in [0.29, 0.717) is 21.4 Å². The SMILES string of the molecule is Cc1nc(N)sc1C(=O)N(C)CC(=O)Nc1ccccc1. The minimum Gasteiger partial charge on any atom is -0.375 e. The van der Waals surface area contributed by atoms with Crippen molar-refractivity contribution in [1.29, 1.82) is 0 Å². The maximum absolute atomic E-state index is 12.2. The lowest BCUT2D eigenvalue weighted by atomic mass is 10.3. The Kier molecular flexibility index (Phi) is 4.54. The number of aryl methyl sites for hydroxylation is 1. The van der Waals surface area contributed by atoms with E-state index in [2.05, 4.69) is 10.3 Å². The Morgan fingerprint density at radius 2 is 2.00 bits per heavy atom. The molecule has 0 fully saturated rings. The summed E-state index contributed by atoms with van der Waals surface area (Å²) in [6.45, 7) is 1.68. The van der Waals surface area contributed by atoms with Crippen LogP contribution in [-0.4, -0.2) is 35.3 Å². The molecular formula is C14H16N4O2S. The first-order valence-electron chi connectivity index (χ1n) is 6.30. The first-order valence-corrected chi connectivity index (χ1v) is 7.12. The molecule has 0 aliphatic rings. The van der Waals surface area contributed by atoms with Gasteiger partial charge in [-0.2, -0.15) is 0 Å². The number of rotatable bonds is 4. The van der Waals surface area contributed by atoms with Crippen molar-refractivity contribution in [2.75, 3.05) is 24.6 Å². The van der Waals surface area contributed by atoms with E-state index >= 15 is 0 Å². The van der Waals surface area contributed by atoms with Gasteiger partial charge in [0.25, 0.3) is 5.91 Å². The molecule has 2 rings (SSSR count). The predicted octanol–water partition coefficient (Wildman–Crippen LogP) is 1.74. The molecule has 21 heavy (non-hydrogen) atoms. The van der Waals surface area contributed by atoms with E-state index in [1.165, 1.54) is 4.90 Å². The van der Waals surface area contributed by atoms with Crippen LogP contribution in [0.1, 0.15) is 15.4 Å². The second kappa shape index (κ2) is 6.36. The summed E-state index contributed by atoms with van der Waals surface area (Å²) in [5.74, 6) is -0.517. The predicted molar refractivity (Wildman–Crippen MR) is 83.3 cm³/mol. The minimum absolute atomic E-state index is 0.0367. The molecular weight excluding hydrogens is 288 g/mol. The first kappa shape index (κ1) is 15.0. The molecule has 7 heteroatoms. The number of para-hydroxylation sites is 1. The van der Waals surface area contributed by atoms with E-state index in [0.717, 1.165) is 11.3 Å². The number of nitrogens with zero attached hydrogens (tertiary/aromatic N) is 2. The van der Waals surface area contributed by atoms with Crippen LogP contribution in [0.25, 0.3) is 0 Å². The summed E-state index contributed by atoms with van der Waals surface area (Å²) in [6, 6.07) is 9.09. The molecule has 2 aromatic rings. The van der Waals surface area contributed by atoms with Crippen LogP contribution in [0, 0.1) is 6.92 Å². The van der Waals surface area contributed by atoms with E-state index in [1.54, 1.807) is 26.1 Å². The van der Waals surface area contributed by atoms with Crippen LogP contribution in [0.4, 0.5) is 10.8 Å². The van der Waals surface area contributed by atoms with Crippen LogP contribution in [-0.2, 0) is 4.79 Å². The molecule has 1 heterocycles. The fourth-order valence-electron chi connectivity index (χ4n) is 1.80. The summed E-state index contributed by atoms with van der Waals surface area (Å²) in [5, 5.41) is 3.07. The number of thiazole rings is 1. The van der Waals surface area contributed by atoms with Gasteiger partial charge in [0, 0.05) is 12.7 Å². The lowest BCUT2D eigenvalue weighted by Crippen LogP contribution is -2.34. The normalized spacial score (nSPS) is 10.2. The number of hydrogen-bond acceptors (Lipinski definition) is 5. The zero-order chi connectivity index (χ0) is 15.4.